The molecule has 2 aromatic heterocycles. The lowest BCUT2D eigenvalue weighted by atomic mass is 9.86. The zero-order valence-electron chi connectivity index (χ0n) is 15.8. The van der Waals surface area contributed by atoms with E-state index in [1.165, 1.54) is 12.1 Å². The van der Waals surface area contributed by atoms with Crippen LogP contribution in [0.4, 0.5) is 11.5 Å². The number of nitro groups is 1. The van der Waals surface area contributed by atoms with Gasteiger partial charge in [0.05, 0.1) is 23.4 Å². The quantitative estimate of drug-likeness (QED) is 0.486. The fourth-order valence-corrected chi connectivity index (χ4v) is 4.26. The van der Waals surface area contributed by atoms with Crippen LogP contribution in [0.3, 0.4) is 0 Å². The van der Waals surface area contributed by atoms with Gasteiger partial charge in [0, 0.05) is 25.2 Å². The number of non-ortho nitro benzene ring substituents is 1. The Morgan fingerprint density at radius 2 is 1.86 bits per heavy atom. The standard InChI is InChI=1S/C19H19N7O3/c1-12-20-21-17-6-7-18(22-25(12)17)23-10-15-9-16(11-23)24(15)19(27)8-13-2-4-14(5-3-13)26(28)29/h2-7,15-16H,8-11H2,1H3. The second-order valence-corrected chi connectivity index (χ2v) is 7.56. The molecule has 0 spiro atoms. The fourth-order valence-electron chi connectivity index (χ4n) is 4.26. The average molecular weight is 393 g/mol. The van der Waals surface area contributed by atoms with E-state index in [0.717, 1.165) is 36.7 Å². The molecule has 29 heavy (non-hydrogen) atoms. The summed E-state index contributed by atoms with van der Waals surface area (Å²) in [7, 11) is 0. The summed E-state index contributed by atoms with van der Waals surface area (Å²) in [5, 5.41) is 23.5. The third-order valence-electron chi connectivity index (χ3n) is 5.71. The maximum absolute atomic E-state index is 12.8. The molecule has 0 saturated carbocycles. The normalized spacial score (nSPS) is 20.6. The Labute approximate surface area is 165 Å². The maximum Gasteiger partial charge on any atom is 0.269 e. The Morgan fingerprint density at radius 1 is 1.14 bits per heavy atom. The zero-order valence-corrected chi connectivity index (χ0v) is 15.8. The van der Waals surface area contributed by atoms with Crippen molar-refractivity contribution in [2.75, 3.05) is 18.0 Å². The molecule has 3 aliphatic rings. The summed E-state index contributed by atoms with van der Waals surface area (Å²) in [4.78, 5) is 27.3. The Morgan fingerprint density at radius 3 is 2.55 bits per heavy atom. The molecule has 10 heteroatoms. The van der Waals surface area contributed by atoms with Crippen LogP contribution in [-0.2, 0) is 11.2 Å². The van der Waals surface area contributed by atoms with Gasteiger partial charge in [-0.05, 0) is 31.0 Å². The van der Waals surface area contributed by atoms with E-state index in [0.29, 0.717) is 5.65 Å². The van der Waals surface area contributed by atoms with Crippen molar-refractivity contribution in [1.82, 2.24) is 24.7 Å². The highest BCUT2D eigenvalue weighted by atomic mass is 16.6. The molecule has 5 heterocycles. The second-order valence-electron chi connectivity index (χ2n) is 7.56. The SMILES string of the molecule is Cc1nnc2ccc(N3CC4CC(C3)N4C(=O)Cc3ccc([N+](=O)[O-])cc3)nn12. The first kappa shape index (κ1) is 17.5. The van der Waals surface area contributed by atoms with Crippen LogP contribution < -0.4 is 4.90 Å². The number of piperidine rings is 1. The number of anilines is 1. The van der Waals surface area contributed by atoms with Crippen LogP contribution in [0.5, 0.6) is 0 Å². The molecule has 1 aromatic carbocycles. The summed E-state index contributed by atoms with van der Waals surface area (Å²) in [5.41, 5.74) is 1.54. The third kappa shape index (κ3) is 2.96. The molecule has 3 saturated heterocycles. The minimum absolute atomic E-state index is 0.0328. The molecule has 3 fully saturated rings. The van der Waals surface area contributed by atoms with E-state index in [4.69, 9.17) is 0 Å². The number of amides is 1. The molecule has 0 aliphatic carbocycles. The number of aromatic nitrogens is 4. The van der Waals surface area contributed by atoms with Crippen LogP contribution in [-0.4, -0.2) is 60.7 Å². The highest BCUT2D eigenvalue weighted by Crippen LogP contribution is 2.34. The molecule has 3 aliphatic heterocycles. The number of rotatable bonds is 4. The summed E-state index contributed by atoms with van der Waals surface area (Å²) < 4.78 is 1.73. The van der Waals surface area contributed by atoms with Gasteiger partial charge in [-0.1, -0.05) is 12.1 Å². The van der Waals surface area contributed by atoms with Crippen molar-refractivity contribution in [2.45, 2.75) is 31.8 Å². The number of nitro benzene ring substituents is 1. The molecule has 148 valence electrons. The fraction of sp³-hybridized carbons (Fsp3) is 0.368. The highest BCUT2D eigenvalue weighted by Gasteiger charge is 2.47. The summed E-state index contributed by atoms with van der Waals surface area (Å²) in [6.07, 6.45) is 1.26. The van der Waals surface area contributed by atoms with Gasteiger partial charge in [0.2, 0.25) is 5.91 Å². The first-order chi connectivity index (χ1) is 14.0. The van der Waals surface area contributed by atoms with Crippen molar-refractivity contribution >= 4 is 23.1 Å². The van der Waals surface area contributed by atoms with Gasteiger partial charge >= 0.3 is 0 Å². The van der Waals surface area contributed by atoms with E-state index in [2.05, 4.69) is 20.2 Å². The van der Waals surface area contributed by atoms with E-state index in [1.807, 2.05) is 24.0 Å². The molecule has 10 nitrogen and oxygen atoms in total. The second kappa shape index (κ2) is 6.50. The minimum atomic E-state index is -0.438. The Balaban J connectivity index is 1.26. The third-order valence-corrected chi connectivity index (χ3v) is 5.71. The Bertz CT molecular complexity index is 1100. The van der Waals surface area contributed by atoms with Gasteiger partial charge < -0.3 is 9.80 Å². The predicted molar refractivity (Wildman–Crippen MR) is 104 cm³/mol. The topological polar surface area (TPSA) is 110 Å². The van der Waals surface area contributed by atoms with Crippen LogP contribution in [0.1, 0.15) is 17.8 Å². The van der Waals surface area contributed by atoms with Crippen molar-refractivity contribution in [2.24, 2.45) is 0 Å². The van der Waals surface area contributed by atoms with Gasteiger partial charge in [0.15, 0.2) is 11.5 Å². The van der Waals surface area contributed by atoms with Gasteiger partial charge in [-0.2, -0.15) is 4.52 Å². The molecule has 2 atom stereocenters. The number of nitrogens with zero attached hydrogens (tertiary/aromatic N) is 7. The lowest BCUT2D eigenvalue weighted by molar-refractivity contribution is -0.384. The summed E-state index contributed by atoms with van der Waals surface area (Å²) >= 11 is 0. The van der Waals surface area contributed by atoms with Crippen molar-refractivity contribution in [3.8, 4) is 0 Å². The van der Waals surface area contributed by atoms with Gasteiger partial charge in [0.25, 0.3) is 5.69 Å². The number of hydrogen-bond donors (Lipinski definition) is 0. The number of carbonyl (C=O) groups excluding carboxylic acids is 1. The largest absolute Gasteiger partial charge is 0.351 e. The summed E-state index contributed by atoms with van der Waals surface area (Å²) in [6, 6.07) is 10.4. The first-order valence-electron chi connectivity index (χ1n) is 9.48. The molecule has 6 rings (SSSR count). The molecule has 2 unspecified atom stereocenters. The predicted octanol–water partition coefficient (Wildman–Crippen LogP) is 1.37. The van der Waals surface area contributed by atoms with Crippen molar-refractivity contribution in [1.29, 1.82) is 0 Å². The van der Waals surface area contributed by atoms with Gasteiger partial charge in [-0.3, -0.25) is 14.9 Å². The van der Waals surface area contributed by atoms with E-state index < -0.39 is 4.92 Å². The van der Waals surface area contributed by atoms with E-state index >= 15 is 0 Å². The van der Waals surface area contributed by atoms with Gasteiger partial charge in [0.1, 0.15) is 5.82 Å². The van der Waals surface area contributed by atoms with Gasteiger partial charge in [-0.25, -0.2) is 0 Å². The molecule has 0 N–H and O–H groups in total. The van der Waals surface area contributed by atoms with Crippen LogP contribution in [0.25, 0.3) is 5.65 Å². The van der Waals surface area contributed by atoms with E-state index in [9.17, 15) is 14.9 Å². The smallest absolute Gasteiger partial charge is 0.269 e. The molecular weight excluding hydrogens is 374 g/mol. The van der Waals surface area contributed by atoms with Crippen LogP contribution in [0, 0.1) is 17.0 Å². The van der Waals surface area contributed by atoms with E-state index in [-0.39, 0.29) is 30.1 Å². The molecular formula is C19H19N7O3. The number of piperazine rings is 1. The van der Waals surface area contributed by atoms with Crippen LogP contribution >= 0.6 is 0 Å². The lowest BCUT2D eigenvalue weighted by Gasteiger charge is -2.56. The summed E-state index contributed by atoms with van der Waals surface area (Å²) in [5.74, 6) is 1.67. The zero-order chi connectivity index (χ0) is 20.1. The number of aryl methyl sites for hydroxylation is 1. The highest BCUT2D eigenvalue weighted by molar-refractivity contribution is 5.81. The number of fused-ring (bicyclic) bond motifs is 3. The number of benzene rings is 1. The van der Waals surface area contributed by atoms with Crippen LogP contribution in [0.2, 0.25) is 0 Å². The monoisotopic (exact) mass is 393 g/mol. The van der Waals surface area contributed by atoms with Gasteiger partial charge in [-0.15, -0.1) is 15.3 Å². The van der Waals surface area contributed by atoms with E-state index in [1.54, 1.807) is 16.6 Å². The summed E-state index contributed by atoms with van der Waals surface area (Å²) in [6.45, 7) is 3.34. The Kier molecular flexibility index (Phi) is 3.93. The van der Waals surface area contributed by atoms with Crippen molar-refractivity contribution in [3.63, 3.8) is 0 Å². The molecule has 0 radical (unpaired) electrons. The van der Waals surface area contributed by atoms with Crippen LogP contribution in [0.15, 0.2) is 36.4 Å². The Hall–Kier alpha value is -3.56. The molecule has 3 aromatic rings. The lowest BCUT2D eigenvalue weighted by Crippen LogP contribution is -2.70. The first-order valence-corrected chi connectivity index (χ1v) is 9.48. The van der Waals surface area contributed by atoms with Crippen molar-refractivity contribution in [3.05, 3.63) is 57.9 Å². The maximum atomic E-state index is 12.8. The minimum Gasteiger partial charge on any atom is -0.351 e. The number of carbonyl (C=O) groups is 1. The average Bonchev–Trinajstić information content (AvgIpc) is 3.08. The molecule has 1 amide bonds. The van der Waals surface area contributed by atoms with Crippen molar-refractivity contribution < 1.29 is 9.72 Å². The molecule has 2 bridgehead atoms. The number of hydrogen-bond acceptors (Lipinski definition) is 7.